The maximum atomic E-state index is 11.6. The molecule has 3 heteroatoms. The van der Waals surface area contributed by atoms with E-state index in [9.17, 15) is 9.32 Å². The number of aromatic hydroxyl groups is 1. The van der Waals surface area contributed by atoms with Crippen molar-refractivity contribution in [2.24, 2.45) is 0 Å². The minimum Gasteiger partial charge on any atom is -0.507 e. The Morgan fingerprint density at radius 3 is 1.82 bits per heavy atom. The van der Waals surface area contributed by atoms with Crippen LogP contribution in [0, 0.1) is 0 Å². The highest BCUT2D eigenvalue weighted by Crippen LogP contribution is 2.39. The van der Waals surface area contributed by atoms with Gasteiger partial charge in [0, 0.05) is 22.3 Å². The Balaban J connectivity index is 3.16. The molecular weight excluding hydrogens is 292 g/mol. The Bertz CT molecular complexity index is 498. The van der Waals surface area contributed by atoms with Gasteiger partial charge < -0.3 is 5.11 Å². The Kier molecular flexibility index (Phi) is 6.26. The van der Waals surface area contributed by atoms with Crippen LogP contribution < -0.4 is 0 Å². The molecule has 0 aliphatic heterocycles. The lowest BCUT2D eigenvalue weighted by molar-refractivity contribution is 0.422. The van der Waals surface area contributed by atoms with Crippen LogP contribution in [0.3, 0.4) is 0 Å². The molecule has 1 aromatic carbocycles. The smallest absolute Gasteiger partial charge is 0.123 e. The number of aryl methyl sites for hydroxylation is 1. The zero-order valence-corrected chi connectivity index (χ0v) is 16.1. The van der Waals surface area contributed by atoms with Crippen molar-refractivity contribution in [2.45, 2.75) is 72.1 Å². The van der Waals surface area contributed by atoms with Crippen LogP contribution in [0.1, 0.15) is 71.6 Å². The summed E-state index contributed by atoms with van der Waals surface area (Å²) in [7, 11) is -0.699. The van der Waals surface area contributed by atoms with E-state index in [0.717, 1.165) is 35.5 Å². The van der Waals surface area contributed by atoms with Gasteiger partial charge in [0.2, 0.25) is 0 Å². The number of phenols is 1. The average molecular weight is 325 g/mol. The first-order valence-electron chi connectivity index (χ1n) is 8.18. The van der Waals surface area contributed by atoms with Gasteiger partial charge in [0.1, 0.15) is 5.75 Å². The molecule has 0 saturated heterocycles. The van der Waals surface area contributed by atoms with Gasteiger partial charge in [0.25, 0.3) is 0 Å². The molecule has 22 heavy (non-hydrogen) atoms. The molecule has 1 atom stereocenters. The third kappa shape index (κ3) is 5.12. The van der Waals surface area contributed by atoms with E-state index < -0.39 is 10.8 Å². The van der Waals surface area contributed by atoms with Gasteiger partial charge in [-0.2, -0.15) is 0 Å². The van der Waals surface area contributed by atoms with Gasteiger partial charge in [-0.1, -0.05) is 60.6 Å². The Labute approximate surface area is 138 Å². The standard InChI is InChI=1S/C19H32O2S/c1-8-22(21)11-9-10-14-12-15(18(2,3)4)17(20)16(13-14)19(5,6)7/h12-13,20H,8-11H2,1-7H3. The molecule has 1 N–H and O–H groups in total. The van der Waals surface area contributed by atoms with E-state index >= 15 is 0 Å². The summed E-state index contributed by atoms with van der Waals surface area (Å²) >= 11 is 0. The van der Waals surface area contributed by atoms with Gasteiger partial charge in [0.15, 0.2) is 0 Å². The van der Waals surface area contributed by atoms with Gasteiger partial charge in [-0.15, -0.1) is 0 Å². The molecule has 1 rings (SSSR count). The second kappa shape index (κ2) is 7.16. The van der Waals surface area contributed by atoms with E-state index in [-0.39, 0.29) is 10.8 Å². The van der Waals surface area contributed by atoms with Crippen molar-refractivity contribution < 1.29 is 9.32 Å². The summed E-state index contributed by atoms with van der Waals surface area (Å²) in [5, 5.41) is 10.7. The van der Waals surface area contributed by atoms with Crippen LogP contribution in [0.5, 0.6) is 5.75 Å². The van der Waals surface area contributed by atoms with Crippen LogP contribution in [-0.4, -0.2) is 20.8 Å². The van der Waals surface area contributed by atoms with Crippen molar-refractivity contribution in [1.82, 2.24) is 0 Å². The number of phenolic OH excluding ortho intramolecular Hbond substituents is 1. The van der Waals surface area contributed by atoms with E-state index in [2.05, 4.69) is 53.7 Å². The minimum atomic E-state index is -0.699. The van der Waals surface area contributed by atoms with Crippen molar-refractivity contribution in [2.75, 3.05) is 11.5 Å². The van der Waals surface area contributed by atoms with Crippen molar-refractivity contribution in [3.8, 4) is 5.75 Å². The number of hydrogen-bond acceptors (Lipinski definition) is 2. The normalized spacial score (nSPS) is 14.1. The maximum absolute atomic E-state index is 11.6. The lowest BCUT2D eigenvalue weighted by Gasteiger charge is -2.28. The maximum Gasteiger partial charge on any atom is 0.123 e. The Morgan fingerprint density at radius 2 is 1.45 bits per heavy atom. The molecule has 0 radical (unpaired) electrons. The van der Waals surface area contributed by atoms with E-state index in [1.165, 1.54) is 5.56 Å². The molecule has 0 aliphatic rings. The molecule has 0 spiro atoms. The zero-order valence-electron chi connectivity index (χ0n) is 15.2. The third-order valence-corrected chi connectivity index (χ3v) is 5.33. The summed E-state index contributed by atoms with van der Waals surface area (Å²) in [5.41, 5.74) is 3.07. The highest BCUT2D eigenvalue weighted by molar-refractivity contribution is 7.84. The number of rotatable bonds is 5. The Morgan fingerprint density at radius 1 is 1.00 bits per heavy atom. The number of benzene rings is 1. The van der Waals surface area contributed by atoms with E-state index in [0.29, 0.717) is 5.75 Å². The molecule has 0 aliphatic carbocycles. The molecule has 1 unspecified atom stereocenters. The van der Waals surface area contributed by atoms with Gasteiger partial charge in [-0.25, -0.2) is 0 Å². The topological polar surface area (TPSA) is 37.3 Å². The summed E-state index contributed by atoms with van der Waals surface area (Å²) in [4.78, 5) is 0. The van der Waals surface area contributed by atoms with Gasteiger partial charge in [0.05, 0.1) is 0 Å². The second-order valence-electron chi connectivity index (χ2n) is 8.08. The molecule has 0 amide bonds. The fourth-order valence-electron chi connectivity index (χ4n) is 2.56. The van der Waals surface area contributed by atoms with Crippen molar-refractivity contribution in [3.63, 3.8) is 0 Å². The molecular formula is C19H32O2S. The van der Waals surface area contributed by atoms with Crippen LogP contribution >= 0.6 is 0 Å². The zero-order chi connectivity index (χ0) is 17.1. The van der Waals surface area contributed by atoms with Crippen LogP contribution in [0.25, 0.3) is 0 Å². The first kappa shape index (κ1) is 19.2. The number of hydrogen-bond donors (Lipinski definition) is 1. The first-order chi connectivity index (χ1) is 9.96. The molecule has 126 valence electrons. The molecule has 2 nitrogen and oxygen atoms in total. The molecule has 1 aromatic rings. The highest BCUT2D eigenvalue weighted by Gasteiger charge is 2.26. The van der Waals surface area contributed by atoms with E-state index in [4.69, 9.17) is 0 Å². The highest BCUT2D eigenvalue weighted by atomic mass is 32.2. The summed E-state index contributed by atoms with van der Waals surface area (Å²) in [6.07, 6.45) is 1.84. The third-order valence-electron chi connectivity index (χ3n) is 3.95. The SMILES string of the molecule is CCS(=O)CCCc1cc(C(C)(C)C)c(O)c(C(C)(C)C)c1. The fraction of sp³-hybridized carbons (Fsp3) is 0.684. The first-order valence-corrected chi connectivity index (χ1v) is 9.67. The summed E-state index contributed by atoms with van der Waals surface area (Å²) in [6.45, 7) is 14.7. The molecule has 0 aromatic heterocycles. The minimum absolute atomic E-state index is 0.0909. The van der Waals surface area contributed by atoms with Crippen LogP contribution in [0.2, 0.25) is 0 Å². The predicted molar refractivity (Wildman–Crippen MR) is 97.4 cm³/mol. The van der Waals surface area contributed by atoms with Crippen LogP contribution in [-0.2, 0) is 28.1 Å². The van der Waals surface area contributed by atoms with Crippen molar-refractivity contribution >= 4 is 10.8 Å². The van der Waals surface area contributed by atoms with Crippen LogP contribution in [0.4, 0.5) is 0 Å². The van der Waals surface area contributed by atoms with Gasteiger partial charge >= 0.3 is 0 Å². The van der Waals surface area contributed by atoms with Gasteiger partial charge in [-0.05, 0) is 40.4 Å². The van der Waals surface area contributed by atoms with Crippen molar-refractivity contribution in [3.05, 3.63) is 28.8 Å². The molecule has 0 bridgehead atoms. The van der Waals surface area contributed by atoms with Gasteiger partial charge in [-0.3, -0.25) is 4.21 Å². The second-order valence-corrected chi connectivity index (χ2v) is 9.94. The predicted octanol–water partition coefficient (Wildman–Crippen LogP) is 4.69. The largest absolute Gasteiger partial charge is 0.507 e. The van der Waals surface area contributed by atoms with E-state index in [1.54, 1.807) is 0 Å². The van der Waals surface area contributed by atoms with Crippen LogP contribution in [0.15, 0.2) is 12.1 Å². The average Bonchev–Trinajstić information content (AvgIpc) is 2.37. The monoisotopic (exact) mass is 324 g/mol. The molecule has 0 fully saturated rings. The van der Waals surface area contributed by atoms with Crippen molar-refractivity contribution in [1.29, 1.82) is 0 Å². The lowest BCUT2D eigenvalue weighted by atomic mass is 9.78. The summed E-state index contributed by atoms with van der Waals surface area (Å²) in [6, 6.07) is 4.25. The Hall–Kier alpha value is -0.830. The fourth-order valence-corrected chi connectivity index (χ4v) is 3.32. The molecule has 0 heterocycles. The molecule has 0 saturated carbocycles. The lowest BCUT2D eigenvalue weighted by Crippen LogP contribution is -2.18. The summed E-state index contributed by atoms with van der Waals surface area (Å²) in [5.74, 6) is 1.92. The summed E-state index contributed by atoms with van der Waals surface area (Å²) < 4.78 is 11.6. The quantitative estimate of drug-likeness (QED) is 0.853. The van der Waals surface area contributed by atoms with E-state index in [1.807, 2.05) is 6.92 Å².